The Bertz CT molecular complexity index is 717. The van der Waals surface area contributed by atoms with Crippen molar-refractivity contribution in [3.8, 4) is 0 Å². The molecule has 2 amide bonds. The fraction of sp³-hybridized carbons (Fsp3) is 0.429. The molecule has 2 saturated heterocycles. The molecule has 136 valence electrons. The van der Waals surface area contributed by atoms with Crippen LogP contribution in [0.4, 0.5) is 16.3 Å². The number of anilines is 2. The number of hydrogen-bond acceptors (Lipinski definition) is 3. The van der Waals surface area contributed by atoms with E-state index < -0.39 is 0 Å². The van der Waals surface area contributed by atoms with Gasteiger partial charge in [-0.2, -0.15) is 0 Å². The number of aromatic nitrogens is 1. The van der Waals surface area contributed by atoms with Gasteiger partial charge in [0, 0.05) is 26.2 Å². The third-order valence-corrected chi connectivity index (χ3v) is 5.48. The average Bonchev–Trinajstić information content (AvgIpc) is 3.24. The second-order valence-electron chi connectivity index (χ2n) is 7.20. The van der Waals surface area contributed by atoms with Gasteiger partial charge in [0.05, 0.1) is 11.9 Å². The molecule has 0 bridgehead atoms. The van der Waals surface area contributed by atoms with Crippen molar-refractivity contribution in [3.05, 3.63) is 54.2 Å². The first-order chi connectivity index (χ1) is 12.8. The molecule has 2 aliphatic rings. The van der Waals surface area contributed by atoms with Crippen LogP contribution in [-0.2, 0) is 0 Å². The van der Waals surface area contributed by atoms with Crippen LogP contribution in [0.25, 0.3) is 0 Å². The van der Waals surface area contributed by atoms with Gasteiger partial charge in [-0.05, 0) is 49.3 Å². The van der Waals surface area contributed by atoms with Gasteiger partial charge < -0.3 is 15.1 Å². The summed E-state index contributed by atoms with van der Waals surface area (Å²) in [5.74, 6) is 1.56. The quantitative estimate of drug-likeness (QED) is 0.907. The number of carbonyl (C=O) groups is 1. The molecule has 0 aliphatic carbocycles. The number of rotatable bonds is 3. The highest BCUT2D eigenvalue weighted by Crippen LogP contribution is 2.28. The predicted molar refractivity (Wildman–Crippen MR) is 105 cm³/mol. The molecular formula is C21H26N4O. The van der Waals surface area contributed by atoms with Crippen molar-refractivity contribution >= 4 is 17.5 Å². The van der Waals surface area contributed by atoms with Gasteiger partial charge in [0.1, 0.15) is 5.82 Å². The van der Waals surface area contributed by atoms with Crippen molar-refractivity contribution in [2.45, 2.75) is 31.6 Å². The average molecular weight is 350 g/mol. The number of nitrogens with zero attached hydrogens (tertiary/aromatic N) is 3. The summed E-state index contributed by atoms with van der Waals surface area (Å²) in [5, 5.41) is 2.99. The first-order valence-electron chi connectivity index (χ1n) is 9.61. The lowest BCUT2D eigenvalue weighted by molar-refractivity contribution is 0.194. The molecule has 3 heterocycles. The molecule has 2 aromatic rings. The molecule has 0 unspecified atom stereocenters. The number of nitrogens with one attached hydrogen (secondary N) is 1. The smallest absolute Gasteiger partial charge is 0.321 e. The highest BCUT2D eigenvalue weighted by Gasteiger charge is 2.23. The normalized spacial score (nSPS) is 18.2. The number of amides is 2. The van der Waals surface area contributed by atoms with E-state index in [0.29, 0.717) is 5.92 Å². The minimum absolute atomic E-state index is 0.0211. The molecule has 5 heteroatoms. The molecule has 4 rings (SSSR count). The van der Waals surface area contributed by atoms with E-state index in [1.165, 1.54) is 18.4 Å². The van der Waals surface area contributed by atoms with Crippen LogP contribution in [0, 0.1) is 0 Å². The summed E-state index contributed by atoms with van der Waals surface area (Å²) in [4.78, 5) is 21.2. The Morgan fingerprint density at radius 2 is 1.69 bits per heavy atom. The summed E-state index contributed by atoms with van der Waals surface area (Å²) in [6.07, 6.45) is 6.27. The highest BCUT2D eigenvalue weighted by molar-refractivity contribution is 5.89. The minimum Gasteiger partial charge on any atom is -0.357 e. The Morgan fingerprint density at radius 1 is 0.962 bits per heavy atom. The van der Waals surface area contributed by atoms with Crippen molar-refractivity contribution in [2.75, 3.05) is 36.4 Å². The standard InChI is InChI=1S/C21H26N4O/c26-21(23-19-8-9-20(22-16-19)24-12-4-5-13-24)25-14-10-18(11-15-25)17-6-2-1-3-7-17/h1-3,6-9,16,18H,4-5,10-15H2,(H,23,26). The van der Waals surface area contributed by atoms with Crippen LogP contribution in [0.3, 0.4) is 0 Å². The fourth-order valence-corrected chi connectivity index (χ4v) is 3.94. The Balaban J connectivity index is 1.30. The van der Waals surface area contributed by atoms with Gasteiger partial charge in [-0.25, -0.2) is 9.78 Å². The van der Waals surface area contributed by atoms with Crippen LogP contribution >= 0.6 is 0 Å². The number of hydrogen-bond donors (Lipinski definition) is 1. The van der Waals surface area contributed by atoms with Crippen LogP contribution in [0.2, 0.25) is 0 Å². The Labute approximate surface area is 155 Å². The molecule has 0 saturated carbocycles. The molecule has 0 radical (unpaired) electrons. The van der Waals surface area contributed by atoms with Crippen molar-refractivity contribution in [2.24, 2.45) is 0 Å². The number of piperidine rings is 1. The summed E-state index contributed by atoms with van der Waals surface area (Å²) in [5.41, 5.74) is 2.15. The molecule has 2 fully saturated rings. The zero-order valence-electron chi connectivity index (χ0n) is 15.1. The number of pyridine rings is 1. The first kappa shape index (κ1) is 16.9. The van der Waals surface area contributed by atoms with Gasteiger partial charge >= 0.3 is 6.03 Å². The van der Waals surface area contributed by atoms with Gasteiger partial charge in [0.15, 0.2) is 0 Å². The lowest BCUT2D eigenvalue weighted by Gasteiger charge is -2.32. The third kappa shape index (κ3) is 3.82. The van der Waals surface area contributed by atoms with Crippen LogP contribution in [0.1, 0.15) is 37.2 Å². The number of benzene rings is 1. The maximum absolute atomic E-state index is 12.5. The Hall–Kier alpha value is -2.56. The second kappa shape index (κ2) is 7.77. The van der Waals surface area contributed by atoms with Crippen molar-refractivity contribution in [1.29, 1.82) is 0 Å². The topological polar surface area (TPSA) is 48.5 Å². The minimum atomic E-state index is -0.0211. The number of urea groups is 1. The van der Waals surface area contributed by atoms with Gasteiger partial charge in [0.25, 0.3) is 0 Å². The van der Waals surface area contributed by atoms with E-state index in [9.17, 15) is 4.79 Å². The monoisotopic (exact) mass is 350 g/mol. The van der Waals surface area contributed by atoms with Gasteiger partial charge in [-0.3, -0.25) is 0 Å². The Kier molecular flexibility index (Phi) is 5.04. The maximum Gasteiger partial charge on any atom is 0.321 e. The molecular weight excluding hydrogens is 324 g/mol. The fourth-order valence-electron chi connectivity index (χ4n) is 3.94. The number of carbonyl (C=O) groups excluding carboxylic acids is 1. The first-order valence-corrected chi connectivity index (χ1v) is 9.61. The van der Waals surface area contributed by atoms with Gasteiger partial charge in [-0.15, -0.1) is 0 Å². The van der Waals surface area contributed by atoms with E-state index in [0.717, 1.165) is 50.5 Å². The van der Waals surface area contributed by atoms with Crippen LogP contribution in [0.15, 0.2) is 48.7 Å². The third-order valence-electron chi connectivity index (χ3n) is 5.48. The van der Waals surface area contributed by atoms with Crippen LogP contribution in [-0.4, -0.2) is 42.1 Å². The molecule has 1 aromatic carbocycles. The highest BCUT2D eigenvalue weighted by atomic mass is 16.2. The van der Waals surface area contributed by atoms with Gasteiger partial charge in [0.2, 0.25) is 0 Å². The molecule has 0 spiro atoms. The maximum atomic E-state index is 12.5. The summed E-state index contributed by atoms with van der Waals surface area (Å²) in [6.45, 7) is 3.75. The van der Waals surface area contributed by atoms with E-state index in [2.05, 4.69) is 45.5 Å². The molecule has 1 aromatic heterocycles. The SMILES string of the molecule is O=C(Nc1ccc(N2CCCC2)nc1)N1CCC(c2ccccc2)CC1. The summed E-state index contributed by atoms with van der Waals surface area (Å²) in [6, 6.07) is 14.5. The second-order valence-corrected chi connectivity index (χ2v) is 7.20. The van der Waals surface area contributed by atoms with E-state index in [4.69, 9.17) is 0 Å². The molecule has 26 heavy (non-hydrogen) atoms. The zero-order valence-corrected chi connectivity index (χ0v) is 15.1. The molecule has 1 N–H and O–H groups in total. The Morgan fingerprint density at radius 3 is 2.35 bits per heavy atom. The predicted octanol–water partition coefficient (Wildman–Crippen LogP) is 4.09. The van der Waals surface area contributed by atoms with Crippen molar-refractivity contribution in [1.82, 2.24) is 9.88 Å². The summed E-state index contributed by atoms with van der Waals surface area (Å²) < 4.78 is 0. The summed E-state index contributed by atoms with van der Waals surface area (Å²) in [7, 11) is 0. The zero-order chi connectivity index (χ0) is 17.8. The lowest BCUT2D eigenvalue weighted by Crippen LogP contribution is -2.40. The van der Waals surface area contributed by atoms with E-state index >= 15 is 0 Å². The lowest BCUT2D eigenvalue weighted by atomic mass is 9.90. The molecule has 0 atom stereocenters. The van der Waals surface area contributed by atoms with Crippen LogP contribution < -0.4 is 10.2 Å². The largest absolute Gasteiger partial charge is 0.357 e. The van der Waals surface area contributed by atoms with Crippen LogP contribution in [0.5, 0.6) is 0 Å². The summed E-state index contributed by atoms with van der Waals surface area (Å²) >= 11 is 0. The van der Waals surface area contributed by atoms with E-state index in [1.807, 2.05) is 17.0 Å². The molecule has 2 aliphatic heterocycles. The van der Waals surface area contributed by atoms with Crippen molar-refractivity contribution in [3.63, 3.8) is 0 Å². The van der Waals surface area contributed by atoms with Crippen molar-refractivity contribution < 1.29 is 4.79 Å². The number of likely N-dealkylation sites (tertiary alicyclic amines) is 1. The van der Waals surface area contributed by atoms with E-state index in [1.54, 1.807) is 6.20 Å². The van der Waals surface area contributed by atoms with Gasteiger partial charge in [-0.1, -0.05) is 30.3 Å². The molecule has 5 nitrogen and oxygen atoms in total. The van der Waals surface area contributed by atoms with E-state index in [-0.39, 0.29) is 6.03 Å².